The van der Waals surface area contributed by atoms with Crippen LogP contribution >= 0.6 is 0 Å². The van der Waals surface area contributed by atoms with Gasteiger partial charge in [0.2, 0.25) is 0 Å². The first-order chi connectivity index (χ1) is 6.49. The van der Waals surface area contributed by atoms with Gasteiger partial charge in [-0.3, -0.25) is 0 Å². The molecule has 0 saturated carbocycles. The zero-order valence-electron chi connectivity index (χ0n) is 8.46. The monoisotopic (exact) mass is 254 g/mol. The van der Waals surface area contributed by atoms with E-state index in [-0.39, 0.29) is 57.8 Å². The van der Waals surface area contributed by atoms with E-state index in [4.69, 9.17) is 0 Å². The summed E-state index contributed by atoms with van der Waals surface area (Å²) in [5.74, 6) is -0.539. The van der Waals surface area contributed by atoms with Crippen LogP contribution in [0.2, 0.25) is 0 Å². The van der Waals surface area contributed by atoms with Gasteiger partial charge in [-0.1, -0.05) is 30.3 Å². The Labute approximate surface area is 132 Å². The van der Waals surface area contributed by atoms with Crippen molar-refractivity contribution in [2.45, 2.75) is 12.5 Å². The van der Waals surface area contributed by atoms with E-state index in [2.05, 4.69) is 0 Å². The Morgan fingerprint density at radius 1 is 1.27 bits per heavy atom. The molecule has 0 saturated heterocycles. The van der Waals surface area contributed by atoms with Crippen molar-refractivity contribution < 1.29 is 69.5 Å². The van der Waals surface area contributed by atoms with E-state index in [1.807, 2.05) is 0 Å². The molecule has 0 aliphatic heterocycles. The molecule has 0 amide bonds. The minimum Gasteiger partial charge on any atom is -0.748 e. The molecule has 0 spiro atoms. The molecule has 4 nitrogen and oxygen atoms in total. The molecule has 0 bridgehead atoms. The quantitative estimate of drug-likeness (QED) is 0.482. The fraction of sp³-hybridized carbons (Fsp3) is 0.333. The van der Waals surface area contributed by atoms with Crippen LogP contribution in [0, 0.1) is 0 Å². The minimum absolute atomic E-state index is 0. The number of hydrogen-bond acceptors (Lipinski definition) is 4. The largest absolute Gasteiger partial charge is 1.00 e. The van der Waals surface area contributed by atoms with E-state index in [1.165, 1.54) is 0 Å². The summed E-state index contributed by atoms with van der Waals surface area (Å²) in [6, 6.07) is 8.64. The van der Waals surface area contributed by atoms with Crippen LogP contribution in [0.5, 0.6) is 0 Å². The maximum absolute atomic E-state index is 10.3. The predicted octanol–water partition coefficient (Wildman–Crippen LogP) is -2.34. The summed E-state index contributed by atoms with van der Waals surface area (Å²) in [5, 5.41) is 9.48. The van der Waals surface area contributed by atoms with Crippen molar-refractivity contribution in [3.63, 3.8) is 0 Å². The molecule has 1 N–H and O–H groups in total. The van der Waals surface area contributed by atoms with Gasteiger partial charge in [0.05, 0.1) is 16.2 Å². The second kappa shape index (κ2) is 7.13. The Hall–Kier alpha value is 0.726. The molecule has 0 fully saturated rings. The summed E-state index contributed by atoms with van der Waals surface area (Å²) in [7, 11) is -4.24. The molecule has 0 radical (unpaired) electrons. The van der Waals surface area contributed by atoms with Crippen LogP contribution in [0.25, 0.3) is 0 Å². The van der Waals surface area contributed by atoms with Gasteiger partial charge in [0.15, 0.2) is 0 Å². The van der Waals surface area contributed by atoms with Crippen LogP contribution < -0.4 is 51.4 Å². The molecule has 0 aliphatic carbocycles. The van der Waals surface area contributed by atoms with Crippen LogP contribution in [0.4, 0.5) is 0 Å². The fourth-order valence-electron chi connectivity index (χ4n) is 1.10. The van der Waals surface area contributed by atoms with E-state index in [0.717, 1.165) is 0 Å². The van der Waals surface area contributed by atoms with E-state index in [1.54, 1.807) is 30.3 Å². The van der Waals surface area contributed by atoms with Gasteiger partial charge in [-0.2, -0.15) is 0 Å². The van der Waals surface area contributed by atoms with Gasteiger partial charge in [0.1, 0.15) is 0 Å². The van der Waals surface area contributed by atoms with Gasteiger partial charge in [0, 0.05) is 5.75 Å². The van der Waals surface area contributed by atoms with Crippen molar-refractivity contribution in [1.29, 1.82) is 0 Å². The number of benzene rings is 1. The van der Waals surface area contributed by atoms with Crippen LogP contribution in [-0.4, -0.2) is 23.8 Å². The summed E-state index contributed by atoms with van der Waals surface area (Å²) >= 11 is 0. The second-order valence-corrected chi connectivity index (χ2v) is 4.50. The van der Waals surface area contributed by atoms with Crippen molar-refractivity contribution in [1.82, 2.24) is 0 Å². The minimum atomic E-state index is -4.24. The average molecular weight is 254 g/mol. The van der Waals surface area contributed by atoms with Crippen LogP contribution in [-0.2, 0) is 10.1 Å². The fourth-order valence-corrected chi connectivity index (χ4v) is 1.61. The van der Waals surface area contributed by atoms with E-state index in [0.29, 0.717) is 5.56 Å². The van der Waals surface area contributed by atoms with E-state index >= 15 is 0 Å². The second-order valence-electron chi connectivity index (χ2n) is 2.98. The van der Waals surface area contributed by atoms with Gasteiger partial charge in [-0.05, 0) is 12.0 Å². The van der Waals surface area contributed by atoms with E-state index in [9.17, 15) is 18.1 Å². The molecule has 1 unspecified atom stereocenters. The topological polar surface area (TPSA) is 77.4 Å². The number of aliphatic hydroxyl groups excluding tert-OH is 1. The average Bonchev–Trinajstić information content (AvgIpc) is 2.14. The molecule has 1 atom stereocenters. The Morgan fingerprint density at radius 3 is 2.27 bits per heavy atom. The Bertz CT molecular complexity index is 376. The summed E-state index contributed by atoms with van der Waals surface area (Å²) in [4.78, 5) is 0. The maximum atomic E-state index is 10.3. The van der Waals surface area contributed by atoms with Crippen molar-refractivity contribution >= 4 is 10.1 Å². The molecule has 0 aromatic heterocycles. The molecule has 6 heteroatoms. The Balaban J connectivity index is 0.00000196. The summed E-state index contributed by atoms with van der Waals surface area (Å²) in [6.07, 6.45) is -0.949. The van der Waals surface area contributed by atoms with E-state index < -0.39 is 22.0 Å². The van der Waals surface area contributed by atoms with Crippen molar-refractivity contribution in [2.75, 3.05) is 5.75 Å². The molecule has 0 heterocycles. The molecule has 1 rings (SSSR count). The number of aliphatic hydroxyl groups is 1. The number of hydrogen-bond donors (Lipinski definition) is 1. The zero-order chi connectivity index (χ0) is 10.6. The SMILES string of the molecule is O=S(=O)([O-])CCC(O)c1ccccc1.[K+]. The molecule has 1 aromatic rings. The first kappa shape index (κ1) is 15.7. The summed E-state index contributed by atoms with van der Waals surface area (Å²) in [5.41, 5.74) is 0.621. The molecule has 15 heavy (non-hydrogen) atoms. The van der Waals surface area contributed by atoms with Crippen LogP contribution in [0.1, 0.15) is 18.1 Å². The predicted molar refractivity (Wildman–Crippen MR) is 50.6 cm³/mol. The molecular weight excluding hydrogens is 243 g/mol. The summed E-state index contributed by atoms with van der Waals surface area (Å²) < 4.78 is 30.9. The van der Waals surface area contributed by atoms with Gasteiger partial charge in [-0.25, -0.2) is 8.42 Å². The normalized spacial score (nSPS) is 12.9. The third kappa shape index (κ3) is 6.80. The Morgan fingerprint density at radius 2 is 1.80 bits per heavy atom. The molecular formula is C9H11KO4S. The first-order valence-corrected chi connectivity index (χ1v) is 5.73. The third-order valence-corrected chi connectivity index (χ3v) is 2.56. The van der Waals surface area contributed by atoms with Gasteiger partial charge in [0.25, 0.3) is 0 Å². The van der Waals surface area contributed by atoms with Crippen LogP contribution in [0.3, 0.4) is 0 Å². The Kier molecular flexibility index (Phi) is 7.48. The maximum Gasteiger partial charge on any atom is 1.00 e. The zero-order valence-corrected chi connectivity index (χ0v) is 12.4. The molecule has 1 aromatic carbocycles. The van der Waals surface area contributed by atoms with Gasteiger partial charge >= 0.3 is 51.4 Å². The number of rotatable bonds is 4. The van der Waals surface area contributed by atoms with Crippen molar-refractivity contribution in [2.24, 2.45) is 0 Å². The van der Waals surface area contributed by atoms with Gasteiger partial charge in [-0.15, -0.1) is 0 Å². The first-order valence-electron chi connectivity index (χ1n) is 4.15. The van der Waals surface area contributed by atoms with Gasteiger partial charge < -0.3 is 9.66 Å². The van der Waals surface area contributed by atoms with Crippen molar-refractivity contribution in [3.05, 3.63) is 35.9 Å². The molecule has 78 valence electrons. The third-order valence-electron chi connectivity index (χ3n) is 1.83. The smallest absolute Gasteiger partial charge is 0.748 e. The summed E-state index contributed by atoms with van der Waals surface area (Å²) in [6.45, 7) is 0. The van der Waals surface area contributed by atoms with Crippen LogP contribution in [0.15, 0.2) is 30.3 Å². The van der Waals surface area contributed by atoms with Crippen molar-refractivity contribution in [3.8, 4) is 0 Å². The molecule has 0 aliphatic rings. The standard InChI is InChI=1S/C9H12O4S.K/c10-9(6-7-14(11,12)13)8-4-2-1-3-5-8;/h1-5,9-10H,6-7H2,(H,11,12,13);/q;+1/p-1.